The predicted octanol–water partition coefficient (Wildman–Crippen LogP) is 4.67. The molecule has 0 spiro atoms. The highest BCUT2D eigenvalue weighted by Gasteiger charge is 2.31. The lowest BCUT2D eigenvalue weighted by atomic mass is 9.97. The van der Waals surface area contributed by atoms with E-state index in [9.17, 15) is 0 Å². The van der Waals surface area contributed by atoms with Crippen LogP contribution in [0.1, 0.15) is 13.8 Å². The van der Waals surface area contributed by atoms with Gasteiger partial charge < -0.3 is 13.6 Å². The Labute approximate surface area is 112 Å². The first kappa shape index (κ1) is 13.4. The molecule has 3 nitrogen and oxygen atoms in total. The SMILES string of the molecule is CC1(C)COP(Oc2cc(Cl)cc(Cl)c2)OC1. The van der Waals surface area contributed by atoms with Crippen LogP contribution in [-0.2, 0) is 9.05 Å². The van der Waals surface area contributed by atoms with E-state index in [0.29, 0.717) is 29.0 Å². The van der Waals surface area contributed by atoms with Crippen molar-refractivity contribution in [3.05, 3.63) is 28.2 Å². The standard InChI is InChI=1S/C11H13Cl2O3P/c1-11(2)6-14-17(15-7-11)16-10-4-8(12)3-9(13)5-10/h3-5H,6-7H2,1-2H3. The van der Waals surface area contributed by atoms with Crippen LogP contribution in [-0.4, -0.2) is 13.2 Å². The van der Waals surface area contributed by atoms with Gasteiger partial charge in [-0.15, -0.1) is 0 Å². The summed E-state index contributed by atoms with van der Waals surface area (Å²) in [5.74, 6) is 0.563. The van der Waals surface area contributed by atoms with Crippen LogP contribution < -0.4 is 4.52 Å². The molecule has 1 aromatic rings. The summed E-state index contributed by atoms with van der Waals surface area (Å²) in [4.78, 5) is 0. The van der Waals surface area contributed by atoms with Crippen molar-refractivity contribution in [1.82, 2.24) is 0 Å². The molecule has 1 aromatic carbocycles. The first-order valence-electron chi connectivity index (χ1n) is 5.15. The second-order valence-electron chi connectivity index (χ2n) is 4.63. The highest BCUT2D eigenvalue weighted by molar-refractivity contribution is 7.42. The summed E-state index contributed by atoms with van der Waals surface area (Å²) >= 11 is 11.7. The lowest BCUT2D eigenvalue weighted by molar-refractivity contribution is 0.0426. The van der Waals surface area contributed by atoms with Gasteiger partial charge in [-0.1, -0.05) is 37.0 Å². The number of rotatable bonds is 2. The maximum absolute atomic E-state index is 5.87. The van der Waals surface area contributed by atoms with Crippen molar-refractivity contribution < 1.29 is 13.6 Å². The van der Waals surface area contributed by atoms with Crippen molar-refractivity contribution in [2.24, 2.45) is 5.41 Å². The number of halogens is 2. The van der Waals surface area contributed by atoms with Crippen LogP contribution in [0.4, 0.5) is 0 Å². The molecule has 6 heteroatoms. The predicted molar refractivity (Wildman–Crippen MR) is 69.7 cm³/mol. The molecule has 1 saturated heterocycles. The molecule has 0 aliphatic carbocycles. The molecular weight excluding hydrogens is 282 g/mol. The third-order valence-electron chi connectivity index (χ3n) is 2.14. The fraction of sp³-hybridized carbons (Fsp3) is 0.455. The van der Waals surface area contributed by atoms with Gasteiger partial charge in [0.2, 0.25) is 0 Å². The van der Waals surface area contributed by atoms with Gasteiger partial charge in [-0.05, 0) is 18.2 Å². The van der Waals surface area contributed by atoms with Crippen molar-refractivity contribution in [1.29, 1.82) is 0 Å². The molecule has 2 rings (SSSR count). The fourth-order valence-electron chi connectivity index (χ4n) is 1.25. The number of benzene rings is 1. The summed E-state index contributed by atoms with van der Waals surface area (Å²) in [6.07, 6.45) is 0. The van der Waals surface area contributed by atoms with E-state index < -0.39 is 8.60 Å². The van der Waals surface area contributed by atoms with E-state index in [1.54, 1.807) is 18.2 Å². The molecule has 0 radical (unpaired) electrons. The molecule has 0 N–H and O–H groups in total. The summed E-state index contributed by atoms with van der Waals surface area (Å²) < 4.78 is 16.6. The van der Waals surface area contributed by atoms with Crippen LogP contribution in [0.3, 0.4) is 0 Å². The first-order chi connectivity index (χ1) is 7.94. The second-order valence-corrected chi connectivity index (χ2v) is 6.65. The van der Waals surface area contributed by atoms with Crippen LogP contribution in [0.2, 0.25) is 10.0 Å². The molecule has 1 heterocycles. The lowest BCUT2D eigenvalue weighted by Gasteiger charge is -2.32. The van der Waals surface area contributed by atoms with Gasteiger partial charge in [0.05, 0.1) is 13.2 Å². The molecule has 1 aliphatic heterocycles. The summed E-state index contributed by atoms with van der Waals surface area (Å²) in [6, 6.07) is 5.01. The molecule has 0 unspecified atom stereocenters. The van der Waals surface area contributed by atoms with Crippen LogP contribution in [0.15, 0.2) is 18.2 Å². The minimum absolute atomic E-state index is 0.0359. The van der Waals surface area contributed by atoms with Crippen LogP contribution in [0.25, 0.3) is 0 Å². The van der Waals surface area contributed by atoms with Gasteiger partial charge in [-0.25, -0.2) is 0 Å². The van der Waals surface area contributed by atoms with Gasteiger partial charge in [0, 0.05) is 15.5 Å². The highest BCUT2D eigenvalue weighted by atomic mass is 35.5. The van der Waals surface area contributed by atoms with Gasteiger partial charge in [-0.3, -0.25) is 0 Å². The lowest BCUT2D eigenvalue weighted by Crippen LogP contribution is -2.28. The first-order valence-corrected chi connectivity index (χ1v) is 7.00. The average molecular weight is 295 g/mol. The minimum atomic E-state index is -1.35. The molecule has 0 saturated carbocycles. The van der Waals surface area contributed by atoms with E-state index in [1.165, 1.54) is 0 Å². The Morgan fingerprint density at radius 3 is 2.18 bits per heavy atom. The smallest absolute Gasteiger partial charge is 0.397 e. The third kappa shape index (κ3) is 3.97. The molecule has 0 bridgehead atoms. The van der Waals surface area contributed by atoms with Crippen LogP contribution >= 0.6 is 31.8 Å². The molecule has 0 aromatic heterocycles. The Morgan fingerprint density at radius 1 is 1.12 bits per heavy atom. The zero-order valence-electron chi connectivity index (χ0n) is 9.57. The van der Waals surface area contributed by atoms with Gasteiger partial charge >= 0.3 is 8.60 Å². The van der Waals surface area contributed by atoms with E-state index >= 15 is 0 Å². The summed E-state index contributed by atoms with van der Waals surface area (Å²) in [5, 5.41) is 1.06. The minimum Gasteiger partial charge on any atom is -0.427 e. The highest BCUT2D eigenvalue weighted by Crippen LogP contribution is 2.47. The van der Waals surface area contributed by atoms with Crippen LogP contribution in [0.5, 0.6) is 5.75 Å². The fourth-order valence-corrected chi connectivity index (χ4v) is 3.13. The monoisotopic (exact) mass is 294 g/mol. The molecule has 17 heavy (non-hydrogen) atoms. The second kappa shape index (κ2) is 5.29. The Balaban J connectivity index is 1.97. The quantitative estimate of drug-likeness (QED) is 0.742. The molecule has 0 atom stereocenters. The van der Waals surface area contributed by atoms with E-state index in [0.717, 1.165) is 0 Å². The van der Waals surface area contributed by atoms with Gasteiger partial charge in [0.25, 0.3) is 0 Å². The normalized spacial score (nSPS) is 20.2. The zero-order valence-corrected chi connectivity index (χ0v) is 12.0. The van der Waals surface area contributed by atoms with Gasteiger partial charge in [0.15, 0.2) is 0 Å². The average Bonchev–Trinajstić information content (AvgIpc) is 2.20. The molecule has 94 valence electrons. The summed E-state index contributed by atoms with van der Waals surface area (Å²) in [5.41, 5.74) is 0.0359. The maximum Gasteiger partial charge on any atom is 0.397 e. The Bertz CT molecular complexity index is 381. The van der Waals surface area contributed by atoms with Crippen molar-refractivity contribution in [2.45, 2.75) is 13.8 Å². The van der Waals surface area contributed by atoms with E-state index in [1.807, 2.05) is 0 Å². The maximum atomic E-state index is 5.87. The number of hydrogen-bond donors (Lipinski definition) is 0. The number of hydrogen-bond acceptors (Lipinski definition) is 3. The molecular formula is C11H13Cl2O3P. The Morgan fingerprint density at radius 2 is 1.65 bits per heavy atom. The van der Waals surface area contributed by atoms with E-state index in [4.69, 9.17) is 36.8 Å². The Kier molecular flexibility index (Phi) is 4.17. The van der Waals surface area contributed by atoms with Crippen molar-refractivity contribution in [2.75, 3.05) is 13.2 Å². The molecule has 1 fully saturated rings. The third-order valence-corrected chi connectivity index (χ3v) is 3.61. The van der Waals surface area contributed by atoms with Crippen LogP contribution in [0, 0.1) is 5.41 Å². The van der Waals surface area contributed by atoms with Gasteiger partial charge in [-0.2, -0.15) is 0 Å². The summed E-state index contributed by atoms with van der Waals surface area (Å²) in [6.45, 7) is 5.39. The van der Waals surface area contributed by atoms with Gasteiger partial charge in [0.1, 0.15) is 5.75 Å². The summed E-state index contributed by atoms with van der Waals surface area (Å²) in [7, 11) is -1.35. The van der Waals surface area contributed by atoms with E-state index in [2.05, 4.69) is 13.8 Å². The molecule has 0 amide bonds. The largest absolute Gasteiger partial charge is 0.427 e. The molecule has 1 aliphatic rings. The Hall–Kier alpha value is -0.0500. The van der Waals surface area contributed by atoms with Crippen molar-refractivity contribution in [3.63, 3.8) is 0 Å². The zero-order chi connectivity index (χ0) is 12.5. The van der Waals surface area contributed by atoms with E-state index in [-0.39, 0.29) is 5.41 Å². The topological polar surface area (TPSA) is 27.7 Å². The van der Waals surface area contributed by atoms with Crippen molar-refractivity contribution >= 4 is 31.8 Å². The van der Waals surface area contributed by atoms with Crippen molar-refractivity contribution in [3.8, 4) is 5.75 Å².